The summed E-state index contributed by atoms with van der Waals surface area (Å²) in [5, 5.41) is 2.52. The SMILES string of the molecule is CCCC=CC(=C[NH2+]C)c1cnc2ccc(Cl)nc2c1. The molecule has 4 heteroatoms. The summed E-state index contributed by atoms with van der Waals surface area (Å²) in [7, 11) is 2.01. The Morgan fingerprint density at radius 2 is 2.20 bits per heavy atom. The van der Waals surface area contributed by atoms with Gasteiger partial charge in [-0.15, -0.1) is 0 Å². The van der Waals surface area contributed by atoms with E-state index < -0.39 is 0 Å². The molecule has 0 aliphatic heterocycles. The van der Waals surface area contributed by atoms with Crippen molar-refractivity contribution in [1.29, 1.82) is 0 Å². The third kappa shape index (κ3) is 3.65. The summed E-state index contributed by atoms with van der Waals surface area (Å²) < 4.78 is 0. The molecular weight excluding hydrogens is 270 g/mol. The second-order valence-corrected chi connectivity index (χ2v) is 4.93. The van der Waals surface area contributed by atoms with Crippen molar-refractivity contribution < 1.29 is 5.32 Å². The van der Waals surface area contributed by atoms with E-state index in [1.807, 2.05) is 30.7 Å². The summed E-state index contributed by atoms with van der Waals surface area (Å²) in [6.07, 6.45) is 10.5. The molecule has 3 nitrogen and oxygen atoms in total. The van der Waals surface area contributed by atoms with Gasteiger partial charge in [0.1, 0.15) is 11.4 Å². The van der Waals surface area contributed by atoms with Gasteiger partial charge in [0.2, 0.25) is 0 Å². The molecule has 2 aromatic rings. The van der Waals surface area contributed by atoms with E-state index in [0.29, 0.717) is 5.15 Å². The minimum Gasteiger partial charge on any atom is -0.322 e. The Balaban J connectivity index is 2.40. The van der Waals surface area contributed by atoms with Crippen molar-refractivity contribution in [1.82, 2.24) is 9.97 Å². The molecule has 0 spiro atoms. The van der Waals surface area contributed by atoms with Crippen LogP contribution < -0.4 is 5.32 Å². The summed E-state index contributed by atoms with van der Waals surface area (Å²) in [6, 6.07) is 5.67. The lowest BCUT2D eigenvalue weighted by atomic mass is 10.1. The molecule has 20 heavy (non-hydrogen) atoms. The van der Waals surface area contributed by atoms with Crippen molar-refractivity contribution >= 4 is 28.2 Å². The fourth-order valence-corrected chi connectivity index (χ4v) is 2.10. The van der Waals surface area contributed by atoms with Gasteiger partial charge in [0.05, 0.1) is 18.1 Å². The normalized spacial score (nSPS) is 12.4. The molecule has 0 aliphatic rings. The van der Waals surface area contributed by atoms with Gasteiger partial charge < -0.3 is 5.32 Å². The van der Waals surface area contributed by atoms with Crippen LogP contribution >= 0.6 is 11.6 Å². The van der Waals surface area contributed by atoms with Crippen LogP contribution in [0.15, 0.2) is 42.7 Å². The van der Waals surface area contributed by atoms with Crippen molar-refractivity contribution in [2.24, 2.45) is 0 Å². The first-order chi connectivity index (χ1) is 9.74. The Morgan fingerprint density at radius 3 is 2.95 bits per heavy atom. The zero-order valence-electron chi connectivity index (χ0n) is 11.8. The Kier molecular flexibility index (Phi) is 5.27. The molecule has 0 radical (unpaired) electrons. The van der Waals surface area contributed by atoms with Gasteiger partial charge in [-0.1, -0.05) is 37.1 Å². The molecule has 0 aliphatic carbocycles. The maximum atomic E-state index is 5.94. The number of aromatic nitrogens is 2. The summed E-state index contributed by atoms with van der Waals surface area (Å²) >= 11 is 5.94. The zero-order valence-corrected chi connectivity index (χ0v) is 12.6. The highest BCUT2D eigenvalue weighted by atomic mass is 35.5. The summed E-state index contributed by atoms with van der Waals surface area (Å²) in [5.41, 5.74) is 3.87. The molecule has 0 amide bonds. The first-order valence-electron chi connectivity index (χ1n) is 6.83. The van der Waals surface area contributed by atoms with Gasteiger partial charge in [0.15, 0.2) is 0 Å². The number of nitrogens with zero attached hydrogens (tertiary/aromatic N) is 2. The fourth-order valence-electron chi connectivity index (χ4n) is 1.94. The molecule has 0 atom stereocenters. The van der Waals surface area contributed by atoms with Crippen LogP contribution in [0.2, 0.25) is 5.15 Å². The number of pyridine rings is 2. The second kappa shape index (κ2) is 7.17. The van der Waals surface area contributed by atoms with E-state index in [0.717, 1.165) is 35.0 Å². The van der Waals surface area contributed by atoms with E-state index in [4.69, 9.17) is 11.6 Å². The number of hydrogen-bond acceptors (Lipinski definition) is 2. The van der Waals surface area contributed by atoms with E-state index in [1.54, 1.807) is 6.07 Å². The number of unbranched alkanes of at least 4 members (excludes halogenated alkanes) is 1. The maximum Gasteiger partial charge on any atom is 0.129 e. The summed E-state index contributed by atoms with van der Waals surface area (Å²) in [6.45, 7) is 2.17. The number of fused-ring (bicyclic) bond motifs is 1. The number of hydrogen-bond donors (Lipinski definition) is 1. The van der Waals surface area contributed by atoms with Gasteiger partial charge >= 0.3 is 0 Å². The molecule has 0 bridgehead atoms. The van der Waals surface area contributed by atoms with Crippen LogP contribution in [0.4, 0.5) is 0 Å². The molecule has 2 rings (SSSR count). The topological polar surface area (TPSA) is 42.4 Å². The fraction of sp³-hybridized carbons (Fsp3) is 0.250. The van der Waals surface area contributed by atoms with Gasteiger partial charge in [-0.25, -0.2) is 4.98 Å². The molecule has 0 aromatic carbocycles. The molecule has 0 unspecified atom stereocenters. The lowest BCUT2D eigenvalue weighted by molar-refractivity contribution is -0.555. The molecule has 104 valence electrons. The zero-order chi connectivity index (χ0) is 14.4. The van der Waals surface area contributed by atoms with Crippen LogP contribution in [0.5, 0.6) is 0 Å². The van der Waals surface area contributed by atoms with Crippen LogP contribution in [0.3, 0.4) is 0 Å². The first-order valence-corrected chi connectivity index (χ1v) is 7.21. The van der Waals surface area contributed by atoms with Crippen molar-refractivity contribution in [3.8, 4) is 0 Å². The molecular formula is C16H19ClN3+. The molecule has 0 fully saturated rings. The van der Waals surface area contributed by atoms with E-state index in [2.05, 4.69) is 35.2 Å². The van der Waals surface area contributed by atoms with E-state index in [-0.39, 0.29) is 0 Å². The quantitative estimate of drug-likeness (QED) is 0.678. The minimum absolute atomic E-state index is 0.491. The Hall–Kier alpha value is -1.71. The molecule has 0 saturated carbocycles. The van der Waals surface area contributed by atoms with E-state index in [1.165, 1.54) is 0 Å². The number of rotatable bonds is 5. The number of nitrogens with two attached hydrogens (primary N) is 1. The van der Waals surface area contributed by atoms with Crippen LogP contribution in [0, 0.1) is 0 Å². The van der Waals surface area contributed by atoms with Gasteiger partial charge in [0.25, 0.3) is 0 Å². The molecule has 0 saturated heterocycles. The van der Waals surface area contributed by atoms with Crippen molar-refractivity contribution in [2.45, 2.75) is 19.8 Å². The predicted molar refractivity (Wildman–Crippen MR) is 84.4 cm³/mol. The Morgan fingerprint density at radius 1 is 1.35 bits per heavy atom. The van der Waals surface area contributed by atoms with Gasteiger partial charge in [-0.05, 0) is 24.6 Å². The van der Waals surface area contributed by atoms with Crippen LogP contribution in [0.1, 0.15) is 25.3 Å². The monoisotopic (exact) mass is 288 g/mol. The van der Waals surface area contributed by atoms with Crippen molar-refractivity contribution in [3.05, 3.63) is 53.5 Å². The highest BCUT2D eigenvalue weighted by Crippen LogP contribution is 2.20. The smallest absolute Gasteiger partial charge is 0.129 e. The van der Waals surface area contributed by atoms with Gasteiger partial charge in [0, 0.05) is 17.3 Å². The third-order valence-corrected chi connectivity index (χ3v) is 3.15. The summed E-state index contributed by atoms with van der Waals surface area (Å²) in [4.78, 5) is 8.76. The standard InChI is InChI=1S/C16H18ClN3/c1-3-4-5-6-12(10-18-2)13-9-15-14(19-11-13)7-8-16(17)20-15/h5-11,18H,3-4H2,1-2H3/p+1. The lowest BCUT2D eigenvalue weighted by Crippen LogP contribution is -2.72. The minimum atomic E-state index is 0.491. The molecule has 2 heterocycles. The average Bonchev–Trinajstić information content (AvgIpc) is 2.46. The van der Waals surface area contributed by atoms with E-state index in [9.17, 15) is 0 Å². The lowest BCUT2D eigenvalue weighted by Gasteiger charge is -2.03. The van der Waals surface area contributed by atoms with Gasteiger partial charge in [-0.3, -0.25) is 4.98 Å². The average molecular weight is 289 g/mol. The van der Waals surface area contributed by atoms with Gasteiger partial charge in [-0.2, -0.15) is 0 Å². The Bertz CT molecular complexity index is 647. The van der Waals surface area contributed by atoms with Crippen molar-refractivity contribution in [2.75, 3.05) is 7.05 Å². The van der Waals surface area contributed by atoms with Crippen LogP contribution in [-0.4, -0.2) is 17.0 Å². The van der Waals surface area contributed by atoms with Crippen LogP contribution in [0.25, 0.3) is 16.6 Å². The third-order valence-electron chi connectivity index (χ3n) is 2.94. The predicted octanol–water partition coefficient (Wildman–Crippen LogP) is 3.17. The second-order valence-electron chi connectivity index (χ2n) is 4.54. The number of quaternary nitrogens is 1. The largest absolute Gasteiger partial charge is 0.322 e. The molecule has 2 aromatic heterocycles. The number of allylic oxidation sites excluding steroid dienone is 3. The Labute approximate surface area is 124 Å². The van der Waals surface area contributed by atoms with Crippen LogP contribution in [-0.2, 0) is 0 Å². The number of halogens is 1. The van der Waals surface area contributed by atoms with E-state index >= 15 is 0 Å². The maximum absolute atomic E-state index is 5.94. The highest BCUT2D eigenvalue weighted by molar-refractivity contribution is 6.29. The molecule has 2 N–H and O–H groups in total. The van der Waals surface area contributed by atoms with Crippen molar-refractivity contribution in [3.63, 3.8) is 0 Å². The first kappa shape index (κ1) is 14.7. The summed E-state index contributed by atoms with van der Waals surface area (Å²) in [5.74, 6) is 0. The highest BCUT2D eigenvalue weighted by Gasteiger charge is 2.04.